The molecule has 0 atom stereocenters. The van der Waals surface area contributed by atoms with Crippen LogP contribution in [0.4, 0.5) is 24.5 Å². The summed E-state index contributed by atoms with van der Waals surface area (Å²) >= 11 is 5.22. The van der Waals surface area contributed by atoms with Gasteiger partial charge in [0.15, 0.2) is 5.11 Å². The molecule has 0 saturated heterocycles. The summed E-state index contributed by atoms with van der Waals surface area (Å²) in [5, 5.41) is 6.28. The van der Waals surface area contributed by atoms with Crippen molar-refractivity contribution in [2.75, 3.05) is 10.6 Å². The monoisotopic (exact) mass is 364 g/mol. The number of hydrogen-bond donors (Lipinski definition) is 2. The second-order valence-electron chi connectivity index (χ2n) is 6.26. The largest absolute Gasteiger partial charge is 0.416 e. The van der Waals surface area contributed by atoms with E-state index < -0.39 is 11.7 Å². The van der Waals surface area contributed by atoms with E-state index in [9.17, 15) is 13.2 Å². The molecule has 0 bridgehead atoms. The molecule has 1 aliphatic carbocycles. The first-order chi connectivity index (χ1) is 11.9. The van der Waals surface area contributed by atoms with Gasteiger partial charge in [0.1, 0.15) is 0 Å². The first-order valence-electron chi connectivity index (χ1n) is 8.27. The van der Waals surface area contributed by atoms with E-state index >= 15 is 0 Å². The average molecular weight is 364 g/mol. The van der Waals surface area contributed by atoms with Gasteiger partial charge >= 0.3 is 6.18 Å². The molecule has 0 unspecified atom stereocenters. The predicted molar refractivity (Wildman–Crippen MR) is 98.9 cm³/mol. The standard InChI is InChI=1S/C19H19F3N2S/c20-19(21,22)15-7-11-17(12-8-15)24-18(25)23-16-9-5-14(6-10-16)13-3-1-2-4-13/h5-13H,1-4H2,(H2,23,24,25). The Hall–Kier alpha value is -2.08. The van der Waals surface area contributed by atoms with Crippen LogP contribution in [0.3, 0.4) is 0 Å². The minimum Gasteiger partial charge on any atom is -0.332 e. The zero-order chi connectivity index (χ0) is 17.9. The van der Waals surface area contributed by atoms with Crippen molar-refractivity contribution in [2.45, 2.75) is 37.8 Å². The van der Waals surface area contributed by atoms with E-state index in [1.54, 1.807) is 0 Å². The summed E-state index contributed by atoms with van der Waals surface area (Å²) in [7, 11) is 0. The Balaban J connectivity index is 1.57. The van der Waals surface area contributed by atoms with Gasteiger partial charge in [0.25, 0.3) is 0 Å². The molecule has 25 heavy (non-hydrogen) atoms. The van der Waals surface area contributed by atoms with Gasteiger partial charge in [-0.15, -0.1) is 0 Å². The van der Waals surface area contributed by atoms with Gasteiger partial charge < -0.3 is 10.6 Å². The highest BCUT2D eigenvalue weighted by atomic mass is 32.1. The fourth-order valence-electron chi connectivity index (χ4n) is 3.13. The molecule has 2 aromatic rings. The smallest absolute Gasteiger partial charge is 0.332 e. The number of rotatable bonds is 3. The van der Waals surface area contributed by atoms with Crippen LogP contribution < -0.4 is 10.6 Å². The van der Waals surface area contributed by atoms with Crippen molar-refractivity contribution in [1.82, 2.24) is 0 Å². The minimum absolute atomic E-state index is 0.341. The van der Waals surface area contributed by atoms with Gasteiger partial charge in [-0.1, -0.05) is 25.0 Å². The third-order valence-corrected chi connectivity index (χ3v) is 4.67. The van der Waals surface area contributed by atoms with Gasteiger partial charge in [-0.25, -0.2) is 0 Å². The lowest BCUT2D eigenvalue weighted by Crippen LogP contribution is -2.19. The fourth-order valence-corrected chi connectivity index (χ4v) is 3.37. The van der Waals surface area contributed by atoms with Crippen molar-refractivity contribution in [3.8, 4) is 0 Å². The van der Waals surface area contributed by atoms with Gasteiger partial charge in [0.05, 0.1) is 5.56 Å². The predicted octanol–water partition coefficient (Wildman–Crippen LogP) is 6.17. The lowest BCUT2D eigenvalue weighted by molar-refractivity contribution is -0.137. The number of hydrogen-bond acceptors (Lipinski definition) is 1. The summed E-state index contributed by atoms with van der Waals surface area (Å²) in [5.41, 5.74) is 2.03. The number of alkyl halides is 3. The summed E-state index contributed by atoms with van der Waals surface area (Å²) in [4.78, 5) is 0. The van der Waals surface area contributed by atoms with E-state index in [2.05, 4.69) is 22.8 Å². The molecule has 132 valence electrons. The number of nitrogens with one attached hydrogen (secondary N) is 2. The summed E-state index contributed by atoms with van der Waals surface area (Å²) in [5.74, 6) is 0.659. The normalized spacial score (nSPS) is 15.2. The SMILES string of the molecule is FC(F)(F)c1ccc(NC(=S)Nc2ccc(C3CCCC3)cc2)cc1. The molecule has 2 N–H and O–H groups in total. The molecule has 1 fully saturated rings. The molecule has 6 heteroatoms. The molecular formula is C19H19F3N2S. The van der Waals surface area contributed by atoms with E-state index in [-0.39, 0.29) is 0 Å². The van der Waals surface area contributed by atoms with Crippen molar-refractivity contribution in [1.29, 1.82) is 0 Å². The molecule has 0 aromatic heterocycles. The van der Waals surface area contributed by atoms with Crippen LogP contribution in [0.15, 0.2) is 48.5 Å². The van der Waals surface area contributed by atoms with Gasteiger partial charge in [-0.2, -0.15) is 13.2 Å². The Kier molecular flexibility index (Phi) is 5.27. The molecule has 1 aliphatic rings. The minimum atomic E-state index is -4.33. The lowest BCUT2D eigenvalue weighted by atomic mass is 9.98. The third kappa shape index (κ3) is 4.72. The number of benzene rings is 2. The quantitative estimate of drug-likeness (QED) is 0.637. The number of thiocarbonyl (C=S) groups is 1. The van der Waals surface area contributed by atoms with Crippen LogP contribution in [0.1, 0.15) is 42.7 Å². The Labute approximate surface area is 150 Å². The van der Waals surface area contributed by atoms with Crippen LogP contribution in [0.5, 0.6) is 0 Å². The maximum absolute atomic E-state index is 12.6. The van der Waals surface area contributed by atoms with E-state index in [4.69, 9.17) is 12.2 Å². The summed E-state index contributed by atoms with van der Waals surface area (Å²) in [6.45, 7) is 0. The first kappa shape index (κ1) is 17.7. The Morgan fingerprint density at radius 1 is 0.840 bits per heavy atom. The van der Waals surface area contributed by atoms with Crippen molar-refractivity contribution >= 4 is 28.7 Å². The Bertz CT molecular complexity index is 718. The van der Waals surface area contributed by atoms with Crippen LogP contribution in [0, 0.1) is 0 Å². The average Bonchev–Trinajstić information content (AvgIpc) is 3.09. The number of anilines is 2. The van der Waals surface area contributed by atoms with Crippen LogP contribution in [0.25, 0.3) is 0 Å². The van der Waals surface area contributed by atoms with Crippen molar-refractivity contribution in [3.05, 3.63) is 59.7 Å². The molecule has 0 spiro atoms. The Morgan fingerprint density at radius 3 is 1.80 bits per heavy atom. The van der Waals surface area contributed by atoms with Crippen LogP contribution in [0.2, 0.25) is 0 Å². The van der Waals surface area contributed by atoms with Crippen LogP contribution in [-0.4, -0.2) is 5.11 Å². The molecule has 3 rings (SSSR count). The maximum Gasteiger partial charge on any atom is 0.416 e. The molecule has 0 amide bonds. The van der Waals surface area contributed by atoms with Crippen molar-refractivity contribution in [2.24, 2.45) is 0 Å². The molecule has 2 nitrogen and oxygen atoms in total. The highest BCUT2D eigenvalue weighted by Crippen LogP contribution is 2.34. The fraction of sp³-hybridized carbons (Fsp3) is 0.316. The van der Waals surface area contributed by atoms with Gasteiger partial charge in [0.2, 0.25) is 0 Å². The summed E-state index contributed by atoms with van der Waals surface area (Å²) in [6.07, 6.45) is 0.761. The van der Waals surface area contributed by atoms with Gasteiger partial charge in [-0.3, -0.25) is 0 Å². The van der Waals surface area contributed by atoms with Gasteiger partial charge in [-0.05, 0) is 72.9 Å². The third-order valence-electron chi connectivity index (χ3n) is 4.47. The summed E-state index contributed by atoms with van der Waals surface area (Å²) in [6, 6.07) is 13.0. The molecule has 2 aromatic carbocycles. The highest BCUT2D eigenvalue weighted by molar-refractivity contribution is 7.80. The zero-order valence-corrected chi connectivity index (χ0v) is 14.4. The second-order valence-corrected chi connectivity index (χ2v) is 6.67. The topological polar surface area (TPSA) is 24.1 Å². The molecule has 0 aliphatic heterocycles. The summed E-state index contributed by atoms with van der Waals surface area (Å²) < 4.78 is 37.7. The second kappa shape index (κ2) is 7.44. The van der Waals surface area contributed by atoms with E-state index in [1.165, 1.54) is 43.4 Å². The molecule has 0 heterocycles. The Morgan fingerprint density at radius 2 is 1.32 bits per heavy atom. The molecule has 1 saturated carbocycles. The first-order valence-corrected chi connectivity index (χ1v) is 8.68. The lowest BCUT2D eigenvalue weighted by Gasteiger charge is -2.13. The van der Waals surface area contributed by atoms with Crippen LogP contribution in [-0.2, 0) is 6.18 Å². The zero-order valence-electron chi connectivity index (χ0n) is 13.6. The van der Waals surface area contributed by atoms with E-state index in [0.29, 0.717) is 16.7 Å². The van der Waals surface area contributed by atoms with E-state index in [1.807, 2.05) is 12.1 Å². The highest BCUT2D eigenvalue weighted by Gasteiger charge is 2.29. The van der Waals surface area contributed by atoms with Crippen molar-refractivity contribution < 1.29 is 13.2 Å². The van der Waals surface area contributed by atoms with Crippen LogP contribution >= 0.6 is 12.2 Å². The molecular weight excluding hydrogens is 345 g/mol. The maximum atomic E-state index is 12.6. The molecule has 0 radical (unpaired) electrons. The number of halogens is 3. The van der Waals surface area contributed by atoms with Crippen molar-refractivity contribution in [3.63, 3.8) is 0 Å². The van der Waals surface area contributed by atoms with E-state index in [0.717, 1.165) is 17.8 Å². The van der Waals surface area contributed by atoms with Gasteiger partial charge in [0, 0.05) is 11.4 Å².